The lowest BCUT2D eigenvalue weighted by Crippen LogP contribution is -2.48. The molecule has 2 aliphatic rings. The van der Waals surface area contributed by atoms with Crippen molar-refractivity contribution >= 4 is 0 Å². The zero-order valence-electron chi connectivity index (χ0n) is 11.1. The van der Waals surface area contributed by atoms with Gasteiger partial charge in [0.2, 0.25) is 0 Å². The lowest BCUT2D eigenvalue weighted by Gasteiger charge is -2.38. The SMILES string of the molecule is Cc1nnc(CN2CCCC3(C2)OCCO3)n1C. The summed E-state index contributed by atoms with van der Waals surface area (Å²) in [5.41, 5.74) is 0. The molecule has 18 heavy (non-hydrogen) atoms. The molecular formula is C12H20N4O2. The number of ether oxygens (including phenoxy) is 2. The molecule has 0 aliphatic carbocycles. The quantitative estimate of drug-likeness (QED) is 0.765. The summed E-state index contributed by atoms with van der Waals surface area (Å²) >= 11 is 0. The number of piperidine rings is 1. The van der Waals surface area contributed by atoms with Crippen molar-refractivity contribution in [1.82, 2.24) is 19.7 Å². The van der Waals surface area contributed by atoms with E-state index < -0.39 is 0 Å². The van der Waals surface area contributed by atoms with Gasteiger partial charge in [-0.1, -0.05) is 0 Å². The maximum Gasteiger partial charge on any atom is 0.181 e. The number of hydrogen-bond donors (Lipinski definition) is 0. The molecule has 0 saturated carbocycles. The van der Waals surface area contributed by atoms with Crippen molar-refractivity contribution in [2.45, 2.75) is 32.1 Å². The highest BCUT2D eigenvalue weighted by Crippen LogP contribution is 2.30. The first-order valence-corrected chi connectivity index (χ1v) is 6.54. The van der Waals surface area contributed by atoms with Gasteiger partial charge in [-0.05, 0) is 19.9 Å². The van der Waals surface area contributed by atoms with E-state index in [1.807, 2.05) is 18.5 Å². The van der Waals surface area contributed by atoms with Gasteiger partial charge in [0, 0.05) is 13.5 Å². The third-order valence-electron chi connectivity index (χ3n) is 3.86. The normalized spacial score (nSPS) is 23.9. The van der Waals surface area contributed by atoms with Gasteiger partial charge in [0.05, 0.1) is 26.3 Å². The fourth-order valence-electron chi connectivity index (χ4n) is 2.73. The Balaban J connectivity index is 1.68. The molecule has 0 aromatic carbocycles. The first-order chi connectivity index (χ1) is 8.69. The van der Waals surface area contributed by atoms with Gasteiger partial charge in [-0.25, -0.2) is 0 Å². The fourth-order valence-corrected chi connectivity index (χ4v) is 2.73. The Kier molecular flexibility index (Phi) is 3.09. The lowest BCUT2D eigenvalue weighted by molar-refractivity contribution is -0.190. The highest BCUT2D eigenvalue weighted by atomic mass is 16.7. The number of hydrogen-bond acceptors (Lipinski definition) is 5. The minimum Gasteiger partial charge on any atom is -0.346 e. The second-order valence-electron chi connectivity index (χ2n) is 5.14. The molecule has 2 saturated heterocycles. The van der Waals surface area contributed by atoms with Crippen LogP contribution in [0.4, 0.5) is 0 Å². The maximum absolute atomic E-state index is 5.78. The second-order valence-corrected chi connectivity index (χ2v) is 5.14. The average molecular weight is 252 g/mol. The van der Waals surface area contributed by atoms with E-state index in [4.69, 9.17) is 9.47 Å². The Morgan fingerprint density at radius 1 is 1.28 bits per heavy atom. The first kappa shape index (κ1) is 12.1. The topological polar surface area (TPSA) is 52.4 Å². The van der Waals surface area contributed by atoms with E-state index in [1.165, 1.54) is 0 Å². The van der Waals surface area contributed by atoms with Gasteiger partial charge < -0.3 is 14.0 Å². The molecule has 2 fully saturated rings. The van der Waals surface area contributed by atoms with Crippen molar-refractivity contribution in [2.24, 2.45) is 7.05 Å². The molecule has 1 spiro atoms. The zero-order chi connectivity index (χ0) is 12.6. The second kappa shape index (κ2) is 4.60. The summed E-state index contributed by atoms with van der Waals surface area (Å²) in [6, 6.07) is 0. The molecule has 100 valence electrons. The van der Waals surface area contributed by atoms with Crippen LogP contribution in [0.1, 0.15) is 24.5 Å². The minimum absolute atomic E-state index is 0.355. The molecule has 0 atom stereocenters. The molecule has 6 heteroatoms. The van der Waals surface area contributed by atoms with Crippen LogP contribution in [0, 0.1) is 6.92 Å². The molecule has 0 bridgehead atoms. The molecule has 0 unspecified atom stereocenters. The summed E-state index contributed by atoms with van der Waals surface area (Å²) in [4.78, 5) is 2.35. The third-order valence-corrected chi connectivity index (χ3v) is 3.86. The van der Waals surface area contributed by atoms with Gasteiger partial charge in [-0.3, -0.25) is 4.90 Å². The van der Waals surface area contributed by atoms with Crippen LogP contribution in [-0.2, 0) is 23.1 Å². The van der Waals surface area contributed by atoms with Crippen LogP contribution in [-0.4, -0.2) is 51.8 Å². The van der Waals surface area contributed by atoms with Gasteiger partial charge >= 0.3 is 0 Å². The Hall–Kier alpha value is -0.980. The number of nitrogens with zero attached hydrogens (tertiary/aromatic N) is 4. The maximum atomic E-state index is 5.78. The molecule has 1 aromatic heterocycles. The summed E-state index contributed by atoms with van der Waals surface area (Å²) in [6.45, 7) is 6.12. The minimum atomic E-state index is -0.355. The third kappa shape index (κ3) is 2.15. The number of rotatable bonds is 2. The summed E-state index contributed by atoms with van der Waals surface area (Å²) in [5.74, 6) is 1.60. The van der Waals surface area contributed by atoms with Gasteiger partial charge in [-0.2, -0.15) is 0 Å². The molecule has 1 aromatic rings. The van der Waals surface area contributed by atoms with E-state index in [9.17, 15) is 0 Å². The van der Waals surface area contributed by atoms with E-state index >= 15 is 0 Å². The number of aryl methyl sites for hydroxylation is 1. The summed E-state index contributed by atoms with van der Waals surface area (Å²) in [6.07, 6.45) is 2.11. The van der Waals surface area contributed by atoms with Gasteiger partial charge in [-0.15, -0.1) is 10.2 Å². The van der Waals surface area contributed by atoms with Crippen molar-refractivity contribution < 1.29 is 9.47 Å². The largest absolute Gasteiger partial charge is 0.346 e. The Bertz CT molecular complexity index is 426. The molecule has 0 radical (unpaired) electrons. The van der Waals surface area contributed by atoms with Gasteiger partial charge in [0.25, 0.3) is 0 Å². The van der Waals surface area contributed by atoms with Crippen LogP contribution in [0.25, 0.3) is 0 Å². The van der Waals surface area contributed by atoms with Crippen LogP contribution in [0.15, 0.2) is 0 Å². The van der Waals surface area contributed by atoms with E-state index in [-0.39, 0.29) is 5.79 Å². The smallest absolute Gasteiger partial charge is 0.181 e. The van der Waals surface area contributed by atoms with Crippen LogP contribution < -0.4 is 0 Å². The highest BCUT2D eigenvalue weighted by molar-refractivity contribution is 4.94. The number of aromatic nitrogens is 3. The Morgan fingerprint density at radius 3 is 2.72 bits per heavy atom. The molecule has 6 nitrogen and oxygen atoms in total. The van der Waals surface area contributed by atoms with Crippen LogP contribution >= 0.6 is 0 Å². The van der Waals surface area contributed by atoms with Crippen molar-refractivity contribution in [2.75, 3.05) is 26.3 Å². The Labute approximate surface area is 107 Å². The molecule has 0 N–H and O–H groups in total. The standard InChI is InChI=1S/C12H20N4O2/c1-10-13-14-11(15(10)2)8-16-5-3-4-12(9-16)17-6-7-18-12/h3-9H2,1-2H3. The molecule has 0 amide bonds. The lowest BCUT2D eigenvalue weighted by atomic mass is 10.0. The van der Waals surface area contributed by atoms with Gasteiger partial charge in [0.1, 0.15) is 11.6 Å². The van der Waals surface area contributed by atoms with E-state index in [0.29, 0.717) is 0 Å². The summed E-state index contributed by atoms with van der Waals surface area (Å²) < 4.78 is 13.6. The first-order valence-electron chi connectivity index (χ1n) is 6.54. The predicted octanol–water partition coefficient (Wildman–Crippen LogP) is 0.462. The monoisotopic (exact) mass is 252 g/mol. The Morgan fingerprint density at radius 2 is 2.06 bits per heavy atom. The summed E-state index contributed by atoms with van der Waals surface area (Å²) in [7, 11) is 2.01. The highest BCUT2D eigenvalue weighted by Gasteiger charge is 2.40. The van der Waals surface area contributed by atoms with E-state index in [1.54, 1.807) is 0 Å². The van der Waals surface area contributed by atoms with Crippen molar-refractivity contribution in [3.63, 3.8) is 0 Å². The number of likely N-dealkylation sites (tertiary alicyclic amines) is 1. The van der Waals surface area contributed by atoms with Crippen LogP contribution in [0.2, 0.25) is 0 Å². The van der Waals surface area contributed by atoms with Gasteiger partial charge in [0.15, 0.2) is 5.79 Å². The molecule has 3 heterocycles. The van der Waals surface area contributed by atoms with Crippen molar-refractivity contribution in [3.8, 4) is 0 Å². The van der Waals surface area contributed by atoms with E-state index in [0.717, 1.165) is 57.3 Å². The van der Waals surface area contributed by atoms with Crippen LogP contribution in [0.3, 0.4) is 0 Å². The molecular weight excluding hydrogens is 232 g/mol. The average Bonchev–Trinajstić information content (AvgIpc) is 2.92. The van der Waals surface area contributed by atoms with Crippen molar-refractivity contribution in [1.29, 1.82) is 0 Å². The predicted molar refractivity (Wildman–Crippen MR) is 64.9 cm³/mol. The van der Waals surface area contributed by atoms with Crippen LogP contribution in [0.5, 0.6) is 0 Å². The molecule has 3 rings (SSSR count). The summed E-state index contributed by atoms with van der Waals surface area (Å²) in [5, 5.41) is 8.31. The van der Waals surface area contributed by atoms with E-state index in [2.05, 4.69) is 15.1 Å². The fraction of sp³-hybridized carbons (Fsp3) is 0.833. The van der Waals surface area contributed by atoms with Crippen molar-refractivity contribution in [3.05, 3.63) is 11.6 Å². The molecule has 2 aliphatic heterocycles. The zero-order valence-corrected chi connectivity index (χ0v) is 11.1.